The highest BCUT2D eigenvalue weighted by molar-refractivity contribution is 5.96. The van der Waals surface area contributed by atoms with Crippen LogP contribution in [-0.2, 0) is 10.8 Å². The molecule has 0 saturated heterocycles. The maximum absolute atomic E-state index is 12.7. The fourth-order valence-electron chi connectivity index (χ4n) is 2.89. The Hall–Kier alpha value is -3.02. The minimum Gasteiger partial charge on any atom is -0.507 e. The highest BCUT2D eigenvalue weighted by Gasteiger charge is 2.27. The van der Waals surface area contributed by atoms with E-state index in [1.165, 1.54) is 19.4 Å². The highest BCUT2D eigenvalue weighted by Crippen LogP contribution is 2.39. The van der Waals surface area contributed by atoms with Crippen LogP contribution in [0, 0.1) is 0 Å². The minimum atomic E-state index is -0.398. The van der Waals surface area contributed by atoms with Crippen LogP contribution < -0.4 is 10.2 Å². The zero-order chi connectivity index (χ0) is 22.0. The van der Waals surface area contributed by atoms with E-state index in [0.29, 0.717) is 28.0 Å². The predicted molar refractivity (Wildman–Crippen MR) is 115 cm³/mol. The molecule has 2 aromatic rings. The fraction of sp³-hybridized carbons (Fsp3) is 0.391. The number of hydrogen-bond acceptors (Lipinski definition) is 5. The van der Waals surface area contributed by atoms with Gasteiger partial charge in [-0.15, -0.1) is 0 Å². The maximum Gasteiger partial charge on any atom is 0.271 e. The molecule has 2 aromatic carbocycles. The molecule has 156 valence electrons. The number of phenolic OH excluding ortho intramolecular Hbond substituents is 2. The summed E-state index contributed by atoms with van der Waals surface area (Å²) in [6.07, 6.45) is 1.36. The second-order valence-corrected chi connectivity index (χ2v) is 9.04. The molecule has 3 N–H and O–H groups in total. The summed E-state index contributed by atoms with van der Waals surface area (Å²) in [6, 6.07) is 8.18. The van der Waals surface area contributed by atoms with E-state index in [1.54, 1.807) is 24.3 Å². The predicted octanol–water partition coefficient (Wildman–Crippen LogP) is 4.47. The molecule has 0 radical (unpaired) electrons. The first-order chi connectivity index (χ1) is 13.3. The first-order valence-electron chi connectivity index (χ1n) is 9.43. The van der Waals surface area contributed by atoms with E-state index >= 15 is 0 Å². The monoisotopic (exact) mass is 398 g/mol. The van der Waals surface area contributed by atoms with Crippen molar-refractivity contribution in [1.29, 1.82) is 0 Å². The molecule has 1 amide bonds. The van der Waals surface area contributed by atoms with Gasteiger partial charge in [-0.2, -0.15) is 5.10 Å². The van der Waals surface area contributed by atoms with Gasteiger partial charge in [0.25, 0.3) is 5.91 Å². The van der Waals surface area contributed by atoms with Gasteiger partial charge in [0.05, 0.1) is 13.3 Å². The lowest BCUT2D eigenvalue weighted by molar-refractivity contribution is 0.0955. The van der Waals surface area contributed by atoms with Gasteiger partial charge in [-0.1, -0.05) is 41.5 Å². The number of carbonyl (C=O) groups is 1. The molecule has 2 rings (SSSR count). The third kappa shape index (κ3) is 5.28. The molecular weight excluding hydrogens is 368 g/mol. The Kier molecular flexibility index (Phi) is 6.26. The van der Waals surface area contributed by atoms with Gasteiger partial charge in [-0.3, -0.25) is 4.79 Å². The topological polar surface area (TPSA) is 91.2 Å². The molecule has 6 nitrogen and oxygen atoms in total. The third-order valence-electron chi connectivity index (χ3n) is 4.60. The molecule has 0 bridgehead atoms. The fourth-order valence-corrected chi connectivity index (χ4v) is 2.89. The van der Waals surface area contributed by atoms with Crippen molar-refractivity contribution in [2.24, 2.45) is 5.10 Å². The summed E-state index contributed by atoms with van der Waals surface area (Å²) in [7, 11) is 1.51. The Morgan fingerprint density at radius 3 is 2.00 bits per heavy atom. The molecule has 6 heteroatoms. The van der Waals surface area contributed by atoms with E-state index in [0.717, 1.165) is 0 Å². The van der Waals surface area contributed by atoms with Crippen LogP contribution in [0.15, 0.2) is 35.4 Å². The lowest BCUT2D eigenvalue weighted by Crippen LogP contribution is -2.22. The number of nitrogens with one attached hydrogen (secondary N) is 1. The lowest BCUT2D eigenvalue weighted by Gasteiger charge is -2.28. The second kappa shape index (κ2) is 8.15. The Labute approximate surface area is 172 Å². The van der Waals surface area contributed by atoms with E-state index < -0.39 is 5.91 Å². The van der Waals surface area contributed by atoms with Crippen LogP contribution in [0.2, 0.25) is 0 Å². The second-order valence-electron chi connectivity index (χ2n) is 9.04. The summed E-state index contributed by atoms with van der Waals surface area (Å²) in [4.78, 5) is 12.7. The third-order valence-corrected chi connectivity index (χ3v) is 4.60. The van der Waals surface area contributed by atoms with E-state index in [2.05, 4.69) is 10.5 Å². The van der Waals surface area contributed by atoms with E-state index in [-0.39, 0.29) is 22.3 Å². The molecule has 0 aliphatic carbocycles. The number of carbonyl (C=O) groups excluding carboxylic acids is 1. The van der Waals surface area contributed by atoms with Crippen LogP contribution in [0.3, 0.4) is 0 Å². The number of nitrogens with zero attached hydrogens (tertiary/aromatic N) is 1. The number of rotatable bonds is 4. The first-order valence-corrected chi connectivity index (χ1v) is 9.43. The van der Waals surface area contributed by atoms with Gasteiger partial charge in [-0.25, -0.2) is 5.43 Å². The summed E-state index contributed by atoms with van der Waals surface area (Å²) < 4.78 is 5.04. The minimum absolute atomic E-state index is 0.00276. The summed E-state index contributed by atoms with van der Waals surface area (Å²) in [5.41, 5.74) is 4.08. The number of ether oxygens (including phenoxy) is 1. The summed E-state index contributed by atoms with van der Waals surface area (Å²) in [6.45, 7) is 11.9. The molecule has 0 aromatic heterocycles. The normalized spacial score (nSPS) is 12.2. The van der Waals surface area contributed by atoms with Gasteiger partial charge >= 0.3 is 0 Å². The molecule has 0 unspecified atom stereocenters. The number of benzene rings is 2. The molecule has 0 saturated carbocycles. The smallest absolute Gasteiger partial charge is 0.271 e. The molecule has 0 heterocycles. The van der Waals surface area contributed by atoms with Crippen LogP contribution in [0.4, 0.5) is 0 Å². The number of amides is 1. The standard InChI is InChI=1S/C23H30N2O4/c1-22(2,3)17-10-15(11-18(20(17)27)23(4,5)6)21(28)25-24-13-14-8-9-16(29-7)12-19(14)26/h8-13,26-27H,1-7H3,(H,25,28). The van der Waals surface area contributed by atoms with Crippen molar-refractivity contribution in [2.75, 3.05) is 7.11 Å². The summed E-state index contributed by atoms with van der Waals surface area (Å²) >= 11 is 0. The van der Waals surface area contributed by atoms with Gasteiger partial charge in [0.15, 0.2) is 0 Å². The quantitative estimate of drug-likeness (QED) is 0.524. The zero-order valence-corrected chi connectivity index (χ0v) is 18.1. The van der Waals surface area contributed by atoms with E-state index in [4.69, 9.17) is 4.74 Å². The van der Waals surface area contributed by atoms with Gasteiger partial charge in [0.1, 0.15) is 17.2 Å². The van der Waals surface area contributed by atoms with E-state index in [1.807, 2.05) is 41.5 Å². The number of hydrazone groups is 1. The highest BCUT2D eigenvalue weighted by atomic mass is 16.5. The van der Waals surface area contributed by atoms with Gasteiger partial charge in [0, 0.05) is 28.3 Å². The first kappa shape index (κ1) is 22.3. The Morgan fingerprint density at radius 1 is 1.00 bits per heavy atom. The average molecular weight is 399 g/mol. The van der Waals surface area contributed by atoms with Crippen molar-refractivity contribution in [3.63, 3.8) is 0 Å². The number of aromatic hydroxyl groups is 2. The summed E-state index contributed by atoms with van der Waals surface area (Å²) in [5, 5.41) is 24.7. The number of hydrogen-bond donors (Lipinski definition) is 3. The van der Waals surface area contributed by atoms with Crippen molar-refractivity contribution in [3.8, 4) is 17.2 Å². The molecule has 0 spiro atoms. The van der Waals surface area contributed by atoms with Gasteiger partial charge in [-0.05, 0) is 35.1 Å². The molecule has 0 atom stereocenters. The van der Waals surface area contributed by atoms with Crippen molar-refractivity contribution in [2.45, 2.75) is 52.4 Å². The van der Waals surface area contributed by atoms with Crippen LogP contribution in [-0.4, -0.2) is 29.4 Å². The summed E-state index contributed by atoms with van der Waals surface area (Å²) in [5.74, 6) is 0.340. The van der Waals surface area contributed by atoms with Gasteiger partial charge in [0.2, 0.25) is 0 Å². The van der Waals surface area contributed by atoms with Gasteiger partial charge < -0.3 is 14.9 Å². The average Bonchev–Trinajstić information content (AvgIpc) is 2.61. The number of methoxy groups -OCH3 is 1. The molecular formula is C23H30N2O4. The van der Waals surface area contributed by atoms with Crippen LogP contribution in [0.5, 0.6) is 17.2 Å². The van der Waals surface area contributed by atoms with Crippen molar-refractivity contribution < 1.29 is 19.7 Å². The van der Waals surface area contributed by atoms with Crippen LogP contribution in [0.1, 0.15) is 68.6 Å². The molecule has 0 aliphatic rings. The van der Waals surface area contributed by atoms with E-state index in [9.17, 15) is 15.0 Å². The maximum atomic E-state index is 12.7. The van der Waals surface area contributed by atoms with Crippen molar-refractivity contribution in [1.82, 2.24) is 5.43 Å². The van der Waals surface area contributed by atoms with Crippen molar-refractivity contribution in [3.05, 3.63) is 52.6 Å². The van der Waals surface area contributed by atoms with Crippen LogP contribution in [0.25, 0.3) is 0 Å². The Morgan fingerprint density at radius 2 is 1.55 bits per heavy atom. The largest absolute Gasteiger partial charge is 0.507 e. The lowest BCUT2D eigenvalue weighted by atomic mass is 9.78. The number of phenols is 2. The molecule has 0 fully saturated rings. The van der Waals surface area contributed by atoms with Crippen molar-refractivity contribution >= 4 is 12.1 Å². The SMILES string of the molecule is COc1ccc(C=NNC(=O)c2cc(C(C)(C)C)c(O)c(C(C)(C)C)c2)c(O)c1. The van der Waals surface area contributed by atoms with Crippen LogP contribution >= 0.6 is 0 Å². The Balaban J connectivity index is 2.33. The Bertz CT molecular complexity index is 900. The zero-order valence-electron chi connectivity index (χ0n) is 18.1. The molecule has 29 heavy (non-hydrogen) atoms. The molecule has 0 aliphatic heterocycles.